The Kier molecular flexibility index (Phi) is 9.02. The summed E-state index contributed by atoms with van der Waals surface area (Å²) >= 11 is 0. The molecule has 0 saturated carbocycles. The summed E-state index contributed by atoms with van der Waals surface area (Å²) in [6.07, 6.45) is 6.53. The average Bonchev–Trinajstić information content (AvgIpc) is 2.16. The number of rotatable bonds is 9. The van der Waals surface area contributed by atoms with E-state index >= 15 is 0 Å². The van der Waals surface area contributed by atoms with Crippen LogP contribution in [0.3, 0.4) is 0 Å². The molecule has 0 fully saturated rings. The molecule has 0 spiro atoms. The molecule has 98 valence electrons. The molecule has 1 nitrogen and oxygen atoms in total. The zero-order valence-corrected chi connectivity index (χ0v) is 12.0. The summed E-state index contributed by atoms with van der Waals surface area (Å²) in [5.41, 5.74) is 0. The Morgan fingerprint density at radius 2 is 1.19 bits per heavy atom. The monoisotopic (exact) mass is 228 g/mol. The standard InChI is InChI=1S/C15H32O/c1-6-7-12(2)8-13(3)9-14(4)10-15(5)11-16/h12-16H,6-11H2,1-5H3. The van der Waals surface area contributed by atoms with Crippen LogP contribution < -0.4 is 0 Å². The first-order chi connectivity index (χ1) is 7.49. The third kappa shape index (κ3) is 8.15. The zero-order valence-electron chi connectivity index (χ0n) is 12.0. The van der Waals surface area contributed by atoms with Gasteiger partial charge in [-0.1, -0.05) is 47.5 Å². The normalized spacial score (nSPS) is 19.1. The predicted octanol–water partition coefficient (Wildman–Crippen LogP) is 4.49. The summed E-state index contributed by atoms with van der Waals surface area (Å²) < 4.78 is 0. The molecule has 0 aliphatic heterocycles. The van der Waals surface area contributed by atoms with E-state index in [9.17, 15) is 0 Å². The van der Waals surface area contributed by atoms with Crippen molar-refractivity contribution in [1.82, 2.24) is 0 Å². The molecule has 0 aliphatic carbocycles. The summed E-state index contributed by atoms with van der Waals surface area (Å²) in [5.74, 6) is 2.94. The number of aliphatic hydroxyl groups is 1. The third-order valence-corrected chi connectivity index (χ3v) is 3.51. The second kappa shape index (κ2) is 9.04. The van der Waals surface area contributed by atoms with Crippen LogP contribution in [0.2, 0.25) is 0 Å². The van der Waals surface area contributed by atoms with Crippen LogP contribution in [0, 0.1) is 23.7 Å². The molecule has 0 aliphatic rings. The first kappa shape index (κ1) is 16.0. The summed E-state index contributed by atoms with van der Waals surface area (Å²) in [5, 5.41) is 9.03. The molecule has 16 heavy (non-hydrogen) atoms. The van der Waals surface area contributed by atoms with Gasteiger partial charge in [-0.3, -0.25) is 0 Å². The van der Waals surface area contributed by atoms with Crippen molar-refractivity contribution in [3.05, 3.63) is 0 Å². The van der Waals surface area contributed by atoms with Gasteiger partial charge in [0.25, 0.3) is 0 Å². The summed E-state index contributed by atoms with van der Waals surface area (Å²) in [6, 6.07) is 0. The van der Waals surface area contributed by atoms with E-state index < -0.39 is 0 Å². The van der Waals surface area contributed by atoms with Crippen LogP contribution >= 0.6 is 0 Å². The van der Waals surface area contributed by atoms with Crippen molar-refractivity contribution < 1.29 is 5.11 Å². The van der Waals surface area contributed by atoms with Gasteiger partial charge in [-0.2, -0.15) is 0 Å². The van der Waals surface area contributed by atoms with Gasteiger partial charge in [0.15, 0.2) is 0 Å². The second-order valence-corrected chi connectivity index (χ2v) is 6.10. The minimum Gasteiger partial charge on any atom is -0.396 e. The van der Waals surface area contributed by atoms with Gasteiger partial charge in [0.2, 0.25) is 0 Å². The molecule has 0 aromatic carbocycles. The van der Waals surface area contributed by atoms with Crippen molar-refractivity contribution in [2.75, 3.05) is 6.61 Å². The van der Waals surface area contributed by atoms with Gasteiger partial charge in [0.1, 0.15) is 0 Å². The molecule has 0 amide bonds. The van der Waals surface area contributed by atoms with Crippen LogP contribution in [0.25, 0.3) is 0 Å². The molecule has 0 radical (unpaired) electrons. The van der Waals surface area contributed by atoms with E-state index in [2.05, 4.69) is 34.6 Å². The molecule has 4 unspecified atom stereocenters. The topological polar surface area (TPSA) is 20.2 Å². The van der Waals surface area contributed by atoms with Crippen LogP contribution in [0.15, 0.2) is 0 Å². The Hall–Kier alpha value is -0.0400. The van der Waals surface area contributed by atoms with Crippen molar-refractivity contribution in [2.45, 2.75) is 66.7 Å². The van der Waals surface area contributed by atoms with Crippen LogP contribution in [0.5, 0.6) is 0 Å². The SMILES string of the molecule is CCCC(C)CC(C)CC(C)CC(C)CO. The van der Waals surface area contributed by atoms with Gasteiger partial charge in [0.05, 0.1) is 0 Å². The van der Waals surface area contributed by atoms with Crippen molar-refractivity contribution in [1.29, 1.82) is 0 Å². The fourth-order valence-corrected chi connectivity index (χ4v) is 2.94. The van der Waals surface area contributed by atoms with E-state index in [4.69, 9.17) is 5.11 Å². The molecule has 0 saturated heterocycles. The zero-order chi connectivity index (χ0) is 12.6. The highest BCUT2D eigenvalue weighted by Gasteiger charge is 2.14. The van der Waals surface area contributed by atoms with Crippen LogP contribution in [0.4, 0.5) is 0 Å². The Morgan fingerprint density at radius 3 is 1.62 bits per heavy atom. The second-order valence-electron chi connectivity index (χ2n) is 6.10. The highest BCUT2D eigenvalue weighted by Crippen LogP contribution is 2.25. The molecule has 0 bridgehead atoms. The lowest BCUT2D eigenvalue weighted by Gasteiger charge is -2.22. The third-order valence-electron chi connectivity index (χ3n) is 3.51. The lowest BCUT2D eigenvalue weighted by Crippen LogP contribution is -2.12. The molecule has 1 N–H and O–H groups in total. The maximum absolute atomic E-state index is 9.03. The summed E-state index contributed by atoms with van der Waals surface area (Å²) in [4.78, 5) is 0. The molecule has 0 heterocycles. The van der Waals surface area contributed by atoms with E-state index in [1.165, 1.54) is 32.1 Å². The molecule has 0 aromatic rings. The van der Waals surface area contributed by atoms with E-state index in [-0.39, 0.29) is 0 Å². The summed E-state index contributed by atoms with van der Waals surface area (Å²) in [6.45, 7) is 11.8. The molecule has 4 atom stereocenters. The lowest BCUT2D eigenvalue weighted by molar-refractivity contribution is 0.204. The average molecular weight is 228 g/mol. The van der Waals surface area contributed by atoms with Crippen molar-refractivity contribution in [3.8, 4) is 0 Å². The van der Waals surface area contributed by atoms with Gasteiger partial charge in [-0.05, 0) is 42.9 Å². The van der Waals surface area contributed by atoms with Gasteiger partial charge >= 0.3 is 0 Å². The van der Waals surface area contributed by atoms with Gasteiger partial charge < -0.3 is 5.11 Å². The van der Waals surface area contributed by atoms with E-state index in [0.29, 0.717) is 12.5 Å². The number of hydrogen-bond acceptors (Lipinski definition) is 1. The number of hydrogen-bond donors (Lipinski definition) is 1. The van der Waals surface area contributed by atoms with Crippen molar-refractivity contribution >= 4 is 0 Å². The Balaban J connectivity index is 3.72. The smallest absolute Gasteiger partial charge is 0.0456 e. The van der Waals surface area contributed by atoms with Crippen LogP contribution in [-0.4, -0.2) is 11.7 Å². The fourth-order valence-electron chi connectivity index (χ4n) is 2.94. The lowest BCUT2D eigenvalue weighted by atomic mass is 9.85. The van der Waals surface area contributed by atoms with Crippen LogP contribution in [0.1, 0.15) is 66.7 Å². The molecular formula is C15H32O. The van der Waals surface area contributed by atoms with Gasteiger partial charge in [0, 0.05) is 6.61 Å². The minimum atomic E-state index is 0.338. The van der Waals surface area contributed by atoms with Crippen molar-refractivity contribution in [2.24, 2.45) is 23.7 Å². The predicted molar refractivity (Wildman–Crippen MR) is 72.5 cm³/mol. The first-order valence-electron chi connectivity index (χ1n) is 7.10. The maximum atomic E-state index is 9.03. The maximum Gasteiger partial charge on any atom is 0.0456 e. The highest BCUT2D eigenvalue weighted by atomic mass is 16.3. The van der Waals surface area contributed by atoms with E-state index in [0.717, 1.165) is 17.8 Å². The minimum absolute atomic E-state index is 0.338. The molecule has 1 heteroatoms. The molecular weight excluding hydrogens is 196 g/mol. The van der Waals surface area contributed by atoms with Crippen molar-refractivity contribution in [3.63, 3.8) is 0 Å². The Morgan fingerprint density at radius 1 is 0.750 bits per heavy atom. The summed E-state index contributed by atoms with van der Waals surface area (Å²) in [7, 11) is 0. The molecule has 0 aromatic heterocycles. The van der Waals surface area contributed by atoms with E-state index in [1.54, 1.807) is 0 Å². The quantitative estimate of drug-likeness (QED) is 0.616. The van der Waals surface area contributed by atoms with Gasteiger partial charge in [-0.25, -0.2) is 0 Å². The first-order valence-corrected chi connectivity index (χ1v) is 7.10. The largest absolute Gasteiger partial charge is 0.396 e. The Labute approximate surface area is 103 Å². The van der Waals surface area contributed by atoms with E-state index in [1.807, 2.05) is 0 Å². The fraction of sp³-hybridized carbons (Fsp3) is 1.00. The van der Waals surface area contributed by atoms with Gasteiger partial charge in [-0.15, -0.1) is 0 Å². The van der Waals surface area contributed by atoms with Crippen LogP contribution in [-0.2, 0) is 0 Å². The molecule has 0 rings (SSSR count). The number of aliphatic hydroxyl groups excluding tert-OH is 1. The Bertz CT molecular complexity index is 156. The highest BCUT2D eigenvalue weighted by molar-refractivity contribution is 4.65.